The van der Waals surface area contributed by atoms with Crippen LogP contribution in [-0.2, 0) is 7.05 Å². The Labute approximate surface area is 152 Å². The number of carbonyl (C=O) groups is 1. The first-order chi connectivity index (χ1) is 12.9. The summed E-state index contributed by atoms with van der Waals surface area (Å²) < 4.78 is 16.4. The topological polar surface area (TPSA) is 100 Å². The molecular formula is C19H15FN4O3. The zero-order valence-electron chi connectivity index (χ0n) is 14.5. The van der Waals surface area contributed by atoms with E-state index in [9.17, 15) is 19.1 Å². The number of hydrogen-bond acceptors (Lipinski definition) is 4. The van der Waals surface area contributed by atoms with Crippen molar-refractivity contribution in [3.05, 3.63) is 58.1 Å². The number of halogens is 1. The summed E-state index contributed by atoms with van der Waals surface area (Å²) in [6.07, 6.45) is 1.30. The maximum atomic E-state index is 14.8. The van der Waals surface area contributed by atoms with E-state index in [0.29, 0.717) is 16.9 Å². The van der Waals surface area contributed by atoms with Crippen molar-refractivity contribution in [2.24, 2.45) is 7.05 Å². The van der Waals surface area contributed by atoms with E-state index in [4.69, 9.17) is 0 Å². The molecule has 0 aliphatic rings. The SMILES string of the molecule is CNC(=O)c1c[nH]c2c(cc(F)c3c2nc(-c2ccc(O)cc2)n3C)c1=O. The highest BCUT2D eigenvalue weighted by molar-refractivity contribution is 6.05. The maximum absolute atomic E-state index is 14.8. The zero-order chi connectivity index (χ0) is 19.3. The van der Waals surface area contributed by atoms with E-state index >= 15 is 0 Å². The Morgan fingerprint density at radius 1 is 1.30 bits per heavy atom. The number of pyridine rings is 1. The van der Waals surface area contributed by atoms with E-state index in [1.165, 1.54) is 25.4 Å². The summed E-state index contributed by atoms with van der Waals surface area (Å²) in [4.78, 5) is 31.9. The van der Waals surface area contributed by atoms with Crippen molar-refractivity contribution in [2.75, 3.05) is 7.05 Å². The molecule has 2 aromatic heterocycles. The first kappa shape index (κ1) is 16.8. The van der Waals surface area contributed by atoms with Crippen LogP contribution in [0.25, 0.3) is 33.3 Å². The van der Waals surface area contributed by atoms with Gasteiger partial charge in [0.1, 0.15) is 34.0 Å². The van der Waals surface area contributed by atoms with Crippen molar-refractivity contribution in [3.63, 3.8) is 0 Å². The largest absolute Gasteiger partial charge is 0.508 e. The molecule has 0 bridgehead atoms. The number of fused-ring (bicyclic) bond motifs is 3. The molecule has 0 spiro atoms. The fourth-order valence-electron chi connectivity index (χ4n) is 3.19. The fraction of sp³-hybridized carbons (Fsp3) is 0.105. The lowest BCUT2D eigenvalue weighted by Crippen LogP contribution is -2.25. The number of imidazole rings is 1. The average Bonchev–Trinajstić information content (AvgIpc) is 3.01. The van der Waals surface area contributed by atoms with Gasteiger partial charge in [0.2, 0.25) is 5.43 Å². The third-order valence-electron chi connectivity index (χ3n) is 4.55. The third-order valence-corrected chi connectivity index (χ3v) is 4.55. The second-order valence-electron chi connectivity index (χ2n) is 6.13. The van der Waals surface area contributed by atoms with Crippen molar-refractivity contribution in [1.29, 1.82) is 0 Å². The molecule has 4 rings (SSSR count). The minimum atomic E-state index is -0.614. The number of rotatable bonds is 2. The minimum Gasteiger partial charge on any atom is -0.508 e. The van der Waals surface area contributed by atoms with Crippen LogP contribution in [-0.4, -0.2) is 32.6 Å². The Hall–Kier alpha value is -3.68. The van der Waals surface area contributed by atoms with Gasteiger partial charge in [0.05, 0.1) is 10.9 Å². The van der Waals surface area contributed by atoms with Crippen LogP contribution in [0.3, 0.4) is 0 Å². The molecular weight excluding hydrogens is 351 g/mol. The van der Waals surface area contributed by atoms with Gasteiger partial charge in [-0.2, -0.15) is 0 Å². The Balaban J connectivity index is 2.06. The molecule has 0 saturated carbocycles. The van der Waals surface area contributed by atoms with Gasteiger partial charge >= 0.3 is 0 Å². The Kier molecular flexibility index (Phi) is 3.69. The molecule has 136 valence electrons. The smallest absolute Gasteiger partial charge is 0.256 e. The summed E-state index contributed by atoms with van der Waals surface area (Å²) in [5, 5.41) is 11.9. The molecule has 0 fully saturated rings. The second kappa shape index (κ2) is 5.94. The summed E-state index contributed by atoms with van der Waals surface area (Å²) >= 11 is 0. The van der Waals surface area contributed by atoms with Gasteiger partial charge in [-0.15, -0.1) is 0 Å². The monoisotopic (exact) mass is 366 g/mol. The molecule has 1 amide bonds. The molecule has 7 nitrogen and oxygen atoms in total. The van der Waals surface area contributed by atoms with E-state index in [-0.39, 0.29) is 27.7 Å². The highest BCUT2D eigenvalue weighted by atomic mass is 19.1. The van der Waals surface area contributed by atoms with Gasteiger partial charge < -0.3 is 20.0 Å². The molecule has 2 heterocycles. The van der Waals surface area contributed by atoms with Gasteiger partial charge in [-0.1, -0.05) is 0 Å². The molecule has 27 heavy (non-hydrogen) atoms. The van der Waals surface area contributed by atoms with Gasteiger partial charge in [-0.3, -0.25) is 9.59 Å². The number of H-pyrrole nitrogens is 1. The third kappa shape index (κ3) is 2.45. The van der Waals surface area contributed by atoms with Crippen LogP contribution in [0.2, 0.25) is 0 Å². The van der Waals surface area contributed by atoms with Gasteiger partial charge in [0, 0.05) is 25.9 Å². The van der Waals surface area contributed by atoms with Crippen molar-refractivity contribution >= 4 is 27.8 Å². The van der Waals surface area contributed by atoms with Crippen LogP contribution in [0.4, 0.5) is 4.39 Å². The minimum absolute atomic E-state index is 0.0523. The first-order valence-corrected chi connectivity index (χ1v) is 8.14. The van der Waals surface area contributed by atoms with Crippen LogP contribution in [0.15, 0.2) is 41.3 Å². The van der Waals surface area contributed by atoms with E-state index in [1.807, 2.05) is 0 Å². The molecule has 0 aliphatic carbocycles. The van der Waals surface area contributed by atoms with Crippen molar-refractivity contribution in [1.82, 2.24) is 19.9 Å². The number of aromatic nitrogens is 3. The number of hydrogen-bond donors (Lipinski definition) is 3. The number of aryl methyl sites for hydroxylation is 1. The van der Waals surface area contributed by atoms with E-state index < -0.39 is 17.2 Å². The van der Waals surface area contributed by atoms with Crippen molar-refractivity contribution in [2.45, 2.75) is 0 Å². The predicted octanol–water partition coefficient (Wildman–Crippen LogP) is 2.29. The Morgan fingerprint density at radius 3 is 2.67 bits per heavy atom. The van der Waals surface area contributed by atoms with E-state index in [2.05, 4.69) is 15.3 Å². The molecule has 2 aromatic carbocycles. The molecule has 0 radical (unpaired) electrons. The predicted molar refractivity (Wildman–Crippen MR) is 99.3 cm³/mol. The molecule has 4 aromatic rings. The van der Waals surface area contributed by atoms with Gasteiger partial charge in [0.25, 0.3) is 5.91 Å². The maximum Gasteiger partial charge on any atom is 0.256 e. The number of aromatic hydroxyl groups is 1. The summed E-state index contributed by atoms with van der Waals surface area (Å²) in [5.41, 5.74) is 0.886. The van der Waals surface area contributed by atoms with Crippen molar-refractivity contribution in [3.8, 4) is 17.1 Å². The highest BCUT2D eigenvalue weighted by Crippen LogP contribution is 2.30. The quantitative estimate of drug-likeness (QED) is 0.507. The van der Waals surface area contributed by atoms with E-state index in [1.54, 1.807) is 23.7 Å². The summed E-state index contributed by atoms with van der Waals surface area (Å²) in [7, 11) is 3.09. The molecule has 0 saturated heterocycles. The lowest BCUT2D eigenvalue weighted by Gasteiger charge is -2.05. The second-order valence-corrected chi connectivity index (χ2v) is 6.13. The summed E-state index contributed by atoms with van der Waals surface area (Å²) in [6, 6.07) is 7.48. The van der Waals surface area contributed by atoms with Crippen LogP contribution < -0.4 is 10.7 Å². The number of amides is 1. The standard InChI is InChI=1S/C19H15FN4O3/c1-21-19(27)12-8-22-14-11(17(12)26)7-13(20)16-15(14)23-18(24(16)2)9-3-5-10(25)6-4-9/h3-8,25H,1-2H3,(H,21,27)(H,22,26). The number of nitrogens with zero attached hydrogens (tertiary/aromatic N) is 2. The number of nitrogens with one attached hydrogen (secondary N) is 2. The van der Waals surface area contributed by atoms with E-state index in [0.717, 1.165) is 6.07 Å². The molecule has 0 aliphatic heterocycles. The summed E-state index contributed by atoms with van der Waals surface area (Å²) in [5.74, 6) is -0.575. The molecule has 0 unspecified atom stereocenters. The van der Waals surface area contributed by atoms with Gasteiger partial charge in [-0.05, 0) is 30.3 Å². The number of aromatic amines is 1. The Bertz CT molecular complexity index is 1270. The normalized spacial score (nSPS) is 11.2. The van der Waals surface area contributed by atoms with Gasteiger partial charge in [-0.25, -0.2) is 9.37 Å². The lowest BCUT2D eigenvalue weighted by atomic mass is 10.1. The number of phenols is 1. The Morgan fingerprint density at radius 2 is 2.00 bits per heavy atom. The molecule has 8 heteroatoms. The fourth-order valence-corrected chi connectivity index (χ4v) is 3.19. The van der Waals surface area contributed by atoms with Crippen LogP contribution in [0.5, 0.6) is 5.75 Å². The molecule has 3 N–H and O–H groups in total. The summed E-state index contributed by atoms with van der Waals surface area (Å²) in [6.45, 7) is 0. The zero-order valence-corrected chi connectivity index (χ0v) is 14.5. The molecule has 0 atom stereocenters. The van der Waals surface area contributed by atoms with Crippen molar-refractivity contribution < 1.29 is 14.3 Å². The number of phenolic OH excluding ortho intramolecular Hbond substituents is 1. The highest BCUT2D eigenvalue weighted by Gasteiger charge is 2.20. The lowest BCUT2D eigenvalue weighted by molar-refractivity contribution is 0.0962. The van der Waals surface area contributed by atoms with Crippen LogP contribution >= 0.6 is 0 Å². The first-order valence-electron chi connectivity index (χ1n) is 8.14. The number of benzene rings is 2. The van der Waals surface area contributed by atoms with Crippen LogP contribution in [0, 0.1) is 5.82 Å². The number of carbonyl (C=O) groups excluding carboxylic acids is 1. The van der Waals surface area contributed by atoms with Crippen LogP contribution in [0.1, 0.15) is 10.4 Å². The van der Waals surface area contributed by atoms with Gasteiger partial charge in [0.15, 0.2) is 0 Å². The average molecular weight is 366 g/mol.